The molecule has 0 rings (SSSR count). The molecule has 0 heterocycles. The van der Waals surface area contributed by atoms with Crippen molar-refractivity contribution in [3.05, 3.63) is 0 Å². The molecule has 0 radical (unpaired) electrons. The zero-order valence-electron chi connectivity index (χ0n) is 5.12. The molecule has 0 unspecified atom stereocenters. The SMILES string of the molecule is O.O.O.O.O.O.O=S(=O)(O)O.[NaH]. The molecule has 14 N–H and O–H groups in total. The monoisotopic (exact) mass is 230 g/mol. The third kappa shape index (κ3) is 2480. The molecule has 0 aromatic heterocycles. The number of hydrogen-bond donors (Lipinski definition) is 2. The minimum absolute atomic E-state index is 0. The van der Waals surface area contributed by atoms with E-state index in [4.69, 9.17) is 17.5 Å². The van der Waals surface area contributed by atoms with E-state index in [2.05, 4.69) is 0 Å². The zero-order chi connectivity index (χ0) is 4.50. The van der Waals surface area contributed by atoms with Crippen molar-refractivity contribution in [2.75, 3.05) is 0 Å². The summed E-state index contributed by atoms with van der Waals surface area (Å²) in [6.07, 6.45) is 0. The molecule has 0 saturated carbocycles. The van der Waals surface area contributed by atoms with Crippen molar-refractivity contribution in [2.45, 2.75) is 0 Å². The fraction of sp³-hybridized carbons (Fsp3) is 0. The van der Waals surface area contributed by atoms with Crippen molar-refractivity contribution in [1.29, 1.82) is 0 Å². The predicted octanol–water partition coefficient (Wildman–Crippen LogP) is -6.25. The van der Waals surface area contributed by atoms with Crippen LogP contribution < -0.4 is 0 Å². The van der Waals surface area contributed by atoms with Crippen LogP contribution in [0, 0.1) is 0 Å². The van der Waals surface area contributed by atoms with Crippen LogP contribution in [0.15, 0.2) is 0 Å². The predicted molar refractivity (Wildman–Crippen MR) is 43.0 cm³/mol. The van der Waals surface area contributed by atoms with Crippen LogP contribution in [0.3, 0.4) is 0 Å². The summed E-state index contributed by atoms with van der Waals surface area (Å²) in [6, 6.07) is 0. The number of hydrogen-bond acceptors (Lipinski definition) is 2. The van der Waals surface area contributed by atoms with Crippen molar-refractivity contribution >= 4 is 40.0 Å². The van der Waals surface area contributed by atoms with Crippen molar-refractivity contribution < 1.29 is 50.4 Å². The Morgan fingerprint density at radius 1 is 0.667 bits per heavy atom. The van der Waals surface area contributed by atoms with E-state index in [1.807, 2.05) is 0 Å². The van der Waals surface area contributed by atoms with Gasteiger partial charge in [-0.05, 0) is 0 Å². The molecule has 0 aliphatic rings. The van der Waals surface area contributed by atoms with Crippen molar-refractivity contribution in [2.24, 2.45) is 0 Å². The third-order valence-electron chi connectivity index (χ3n) is 0. The Balaban J connectivity index is -0.00000000381. The van der Waals surface area contributed by atoms with Crippen LogP contribution in [0.5, 0.6) is 0 Å². The molecule has 12 heteroatoms. The Morgan fingerprint density at radius 2 is 0.667 bits per heavy atom. The second-order valence-corrected chi connectivity index (χ2v) is 1.34. The summed E-state index contributed by atoms with van der Waals surface area (Å²) in [4.78, 5) is 0. The van der Waals surface area contributed by atoms with Gasteiger partial charge in [0.05, 0.1) is 0 Å². The van der Waals surface area contributed by atoms with Crippen LogP contribution in [-0.2, 0) is 10.4 Å². The van der Waals surface area contributed by atoms with E-state index >= 15 is 0 Å². The molecule has 0 aromatic carbocycles. The fourth-order valence-electron chi connectivity index (χ4n) is 0. The molecule has 0 aromatic rings. The summed E-state index contributed by atoms with van der Waals surface area (Å²) in [5.41, 5.74) is 0. The average molecular weight is 230 g/mol. The third-order valence-corrected chi connectivity index (χ3v) is 0. The first-order chi connectivity index (χ1) is 2.00. The first kappa shape index (κ1) is 79.7. The molecule has 82 valence electrons. The maximum absolute atomic E-state index is 8.74. The van der Waals surface area contributed by atoms with Gasteiger partial charge in [0.2, 0.25) is 0 Å². The van der Waals surface area contributed by atoms with Gasteiger partial charge in [0.15, 0.2) is 0 Å². The molecular formula is H15NaO10S. The van der Waals surface area contributed by atoms with Gasteiger partial charge >= 0.3 is 40.0 Å². The Morgan fingerprint density at radius 3 is 0.667 bits per heavy atom. The van der Waals surface area contributed by atoms with E-state index in [1.54, 1.807) is 0 Å². The quantitative estimate of drug-likeness (QED) is 0.303. The van der Waals surface area contributed by atoms with Gasteiger partial charge in [-0.25, -0.2) is 0 Å². The molecule has 0 amide bonds. The van der Waals surface area contributed by atoms with E-state index in [0.717, 1.165) is 0 Å². The van der Waals surface area contributed by atoms with Gasteiger partial charge in [0.1, 0.15) is 0 Å². The molecule has 0 aliphatic heterocycles. The van der Waals surface area contributed by atoms with E-state index in [9.17, 15) is 0 Å². The van der Waals surface area contributed by atoms with E-state index in [0.29, 0.717) is 0 Å². The Kier molecular flexibility index (Phi) is 199. The minimum atomic E-state index is -4.67. The summed E-state index contributed by atoms with van der Waals surface area (Å²) in [5.74, 6) is 0. The first-order valence-electron chi connectivity index (χ1n) is 0.698. The van der Waals surface area contributed by atoms with Gasteiger partial charge < -0.3 is 32.9 Å². The second kappa shape index (κ2) is 29.9. The Labute approximate surface area is 90.3 Å². The van der Waals surface area contributed by atoms with Gasteiger partial charge in [-0.2, -0.15) is 8.42 Å². The molecule has 0 bridgehead atoms. The normalized spacial score (nSPS) is 4.83. The first-order valence-corrected chi connectivity index (χ1v) is 2.10. The van der Waals surface area contributed by atoms with Crippen molar-refractivity contribution in [1.82, 2.24) is 0 Å². The van der Waals surface area contributed by atoms with E-state index in [-0.39, 0.29) is 62.4 Å². The molecule has 0 aliphatic carbocycles. The summed E-state index contributed by atoms with van der Waals surface area (Å²) >= 11 is 0. The van der Waals surface area contributed by atoms with E-state index < -0.39 is 10.4 Å². The topological polar surface area (TPSA) is 264 Å². The van der Waals surface area contributed by atoms with E-state index in [1.165, 1.54) is 0 Å². The van der Waals surface area contributed by atoms with Gasteiger partial charge in [-0.1, -0.05) is 0 Å². The summed E-state index contributed by atoms with van der Waals surface area (Å²) in [7, 11) is -4.67. The van der Waals surface area contributed by atoms with Crippen LogP contribution in [-0.4, -0.2) is 79.9 Å². The second-order valence-electron chi connectivity index (χ2n) is 0.448. The van der Waals surface area contributed by atoms with Gasteiger partial charge in [-0.15, -0.1) is 0 Å². The van der Waals surface area contributed by atoms with Gasteiger partial charge in [0.25, 0.3) is 0 Å². The summed E-state index contributed by atoms with van der Waals surface area (Å²) in [5, 5.41) is 0. The average Bonchev–Trinajstić information content (AvgIpc) is 0.722. The molecule has 10 nitrogen and oxygen atoms in total. The summed E-state index contributed by atoms with van der Waals surface area (Å²) in [6.45, 7) is 0. The summed E-state index contributed by atoms with van der Waals surface area (Å²) < 4.78 is 31.6. The molecule has 12 heavy (non-hydrogen) atoms. The Hall–Kier alpha value is 0.630. The zero-order valence-corrected chi connectivity index (χ0v) is 5.94. The maximum atomic E-state index is 8.74. The molecule has 0 fully saturated rings. The van der Waals surface area contributed by atoms with Crippen LogP contribution in [0.2, 0.25) is 0 Å². The molecular weight excluding hydrogens is 215 g/mol. The van der Waals surface area contributed by atoms with Crippen LogP contribution in [0.25, 0.3) is 0 Å². The fourth-order valence-corrected chi connectivity index (χ4v) is 0. The van der Waals surface area contributed by atoms with Crippen LogP contribution >= 0.6 is 0 Å². The van der Waals surface area contributed by atoms with Gasteiger partial charge in [0, 0.05) is 0 Å². The van der Waals surface area contributed by atoms with Crippen molar-refractivity contribution in [3.63, 3.8) is 0 Å². The Bertz CT molecular complexity index is 93.0. The standard InChI is InChI=1S/Na.H2O4S.6H2O.H/c;1-5(2,3)4;;;;;;;/h;(H2,1,2,3,4);6*1H2;. The van der Waals surface area contributed by atoms with Gasteiger partial charge in [-0.3, -0.25) is 9.11 Å². The van der Waals surface area contributed by atoms with Crippen LogP contribution in [0.1, 0.15) is 0 Å². The molecule has 0 atom stereocenters. The van der Waals surface area contributed by atoms with Crippen molar-refractivity contribution in [3.8, 4) is 0 Å². The molecule has 0 spiro atoms. The van der Waals surface area contributed by atoms with Crippen LogP contribution in [0.4, 0.5) is 0 Å². The number of rotatable bonds is 0. The molecule has 0 saturated heterocycles.